The fraction of sp³-hybridized carbons (Fsp3) is 0.650. The van der Waals surface area contributed by atoms with Crippen molar-refractivity contribution in [3.8, 4) is 0 Å². The number of imidazole rings is 1. The third-order valence-electron chi connectivity index (χ3n) is 7.17. The number of amides is 1. The Kier molecular flexibility index (Phi) is 4.38. The molecule has 11 heteroatoms. The van der Waals surface area contributed by atoms with E-state index in [-0.39, 0.29) is 31.1 Å². The maximum Gasteiger partial charge on any atom is 0.408 e. The van der Waals surface area contributed by atoms with E-state index < -0.39 is 35.5 Å². The van der Waals surface area contributed by atoms with Crippen molar-refractivity contribution >= 4 is 11.6 Å². The molecule has 3 heterocycles. The lowest BCUT2D eigenvalue weighted by atomic mass is 9.81. The van der Waals surface area contributed by atoms with Gasteiger partial charge in [-0.3, -0.25) is 4.79 Å². The summed E-state index contributed by atoms with van der Waals surface area (Å²) in [6.07, 6.45) is -0.945. The Morgan fingerprint density at radius 2 is 1.94 bits per heavy atom. The molecule has 3 fully saturated rings. The minimum Gasteiger partial charge on any atom is -0.344 e. The van der Waals surface area contributed by atoms with Gasteiger partial charge in [0.1, 0.15) is 6.04 Å². The van der Waals surface area contributed by atoms with Crippen molar-refractivity contribution in [1.82, 2.24) is 19.9 Å². The Hall–Kier alpha value is -2.30. The number of carbonyl (C=O) groups excluding carboxylic acids is 1. The van der Waals surface area contributed by atoms with Crippen LogP contribution in [-0.4, -0.2) is 38.6 Å². The normalized spacial score (nSPS) is 31.9. The van der Waals surface area contributed by atoms with E-state index >= 15 is 0 Å². The first-order valence-corrected chi connectivity index (χ1v) is 10.3. The second-order valence-corrected chi connectivity index (χ2v) is 9.16. The largest absolute Gasteiger partial charge is 0.408 e. The first-order valence-electron chi connectivity index (χ1n) is 10.3. The van der Waals surface area contributed by atoms with Crippen LogP contribution in [0.5, 0.6) is 0 Å². The molecule has 31 heavy (non-hydrogen) atoms. The third-order valence-corrected chi connectivity index (χ3v) is 7.17. The van der Waals surface area contributed by atoms with Crippen LogP contribution in [0.3, 0.4) is 0 Å². The highest BCUT2D eigenvalue weighted by molar-refractivity contribution is 5.90. The van der Waals surface area contributed by atoms with Gasteiger partial charge in [-0.1, -0.05) is 0 Å². The number of nitrogens with zero attached hydrogens (tertiary/aromatic N) is 3. The molecular formula is C20H22F5N5O. The summed E-state index contributed by atoms with van der Waals surface area (Å²) in [5.41, 5.74) is 6.92. The van der Waals surface area contributed by atoms with Gasteiger partial charge in [0.15, 0.2) is 5.65 Å². The molecule has 1 saturated heterocycles. The van der Waals surface area contributed by atoms with Gasteiger partial charge in [0.05, 0.1) is 29.5 Å². The van der Waals surface area contributed by atoms with Gasteiger partial charge in [-0.15, -0.1) is 0 Å². The molecule has 0 bridgehead atoms. The molecule has 4 atom stereocenters. The first kappa shape index (κ1) is 20.6. The number of hydrogen-bond donors (Lipinski definition) is 2. The molecule has 3 N–H and O–H groups in total. The molecule has 3 aliphatic rings. The Morgan fingerprint density at radius 3 is 2.58 bits per heavy atom. The van der Waals surface area contributed by atoms with E-state index in [0.29, 0.717) is 36.2 Å². The maximum atomic E-state index is 13.4. The van der Waals surface area contributed by atoms with Gasteiger partial charge in [0.25, 0.3) is 0 Å². The highest BCUT2D eigenvalue weighted by atomic mass is 19.4. The zero-order valence-corrected chi connectivity index (χ0v) is 16.5. The molecule has 0 radical (unpaired) electrons. The summed E-state index contributed by atoms with van der Waals surface area (Å²) in [5.74, 6) is -3.65. The minimum atomic E-state index is -4.47. The van der Waals surface area contributed by atoms with Crippen LogP contribution in [0.4, 0.5) is 22.0 Å². The standard InChI is InChI=1S/C20H22F5N5O/c21-19(22)3-1-10(2-4-19)16(26)13-9-30-15(28-13)5-11(8-27-30)12-6-18(12)7-14(20(23,24)25)29-17(18)31/h5,8-10,12,14,16H,1-4,6-7,26H2,(H,29,31)/t12-,14+,16+,18-/m1/s1. The van der Waals surface area contributed by atoms with Gasteiger partial charge in [0.2, 0.25) is 11.8 Å². The summed E-state index contributed by atoms with van der Waals surface area (Å²) >= 11 is 0. The second kappa shape index (κ2) is 6.60. The summed E-state index contributed by atoms with van der Waals surface area (Å²) in [7, 11) is 0. The number of nitrogens with two attached hydrogens (primary N) is 1. The Morgan fingerprint density at radius 1 is 1.23 bits per heavy atom. The number of carbonyl (C=O) groups is 1. The summed E-state index contributed by atoms with van der Waals surface area (Å²) in [4.78, 5) is 16.7. The van der Waals surface area contributed by atoms with E-state index in [4.69, 9.17) is 5.73 Å². The van der Waals surface area contributed by atoms with Gasteiger partial charge in [-0.05, 0) is 43.2 Å². The van der Waals surface area contributed by atoms with E-state index in [1.807, 2.05) is 0 Å². The number of rotatable bonds is 3. The molecule has 2 aliphatic carbocycles. The average molecular weight is 443 g/mol. The zero-order chi connectivity index (χ0) is 22.2. The lowest BCUT2D eigenvalue weighted by Crippen LogP contribution is -2.38. The Labute approximate surface area is 174 Å². The molecule has 6 nitrogen and oxygen atoms in total. The molecule has 2 saturated carbocycles. The second-order valence-electron chi connectivity index (χ2n) is 9.16. The molecule has 1 spiro atoms. The summed E-state index contributed by atoms with van der Waals surface area (Å²) in [6, 6.07) is -0.603. The fourth-order valence-electron chi connectivity index (χ4n) is 5.15. The van der Waals surface area contributed by atoms with E-state index in [9.17, 15) is 26.7 Å². The van der Waals surface area contributed by atoms with Gasteiger partial charge in [-0.2, -0.15) is 18.3 Å². The predicted octanol–water partition coefficient (Wildman–Crippen LogP) is 3.48. The van der Waals surface area contributed by atoms with Gasteiger partial charge in [-0.25, -0.2) is 18.3 Å². The van der Waals surface area contributed by atoms with Crippen LogP contribution < -0.4 is 11.1 Å². The van der Waals surface area contributed by atoms with Crippen molar-refractivity contribution < 1.29 is 26.7 Å². The van der Waals surface area contributed by atoms with Crippen LogP contribution in [0.1, 0.15) is 61.7 Å². The highest BCUT2D eigenvalue weighted by Gasteiger charge is 2.68. The fourth-order valence-corrected chi connectivity index (χ4v) is 5.15. The van der Waals surface area contributed by atoms with Crippen LogP contribution in [0.15, 0.2) is 18.5 Å². The van der Waals surface area contributed by atoms with Crippen LogP contribution in [0.25, 0.3) is 5.65 Å². The van der Waals surface area contributed by atoms with Crippen molar-refractivity contribution in [2.75, 3.05) is 0 Å². The van der Waals surface area contributed by atoms with E-state index in [0.717, 1.165) is 0 Å². The number of aromatic nitrogens is 3. The Bertz CT molecular complexity index is 1030. The van der Waals surface area contributed by atoms with Crippen LogP contribution in [0.2, 0.25) is 0 Å². The van der Waals surface area contributed by atoms with Gasteiger partial charge in [0, 0.05) is 18.8 Å². The number of alkyl halides is 5. The highest BCUT2D eigenvalue weighted by Crippen LogP contribution is 2.65. The third kappa shape index (κ3) is 3.46. The van der Waals surface area contributed by atoms with Crippen molar-refractivity contribution in [3.63, 3.8) is 0 Å². The zero-order valence-electron chi connectivity index (χ0n) is 16.5. The van der Waals surface area contributed by atoms with E-state index in [1.54, 1.807) is 18.5 Å². The van der Waals surface area contributed by atoms with E-state index in [1.165, 1.54) is 4.52 Å². The van der Waals surface area contributed by atoms with Gasteiger partial charge >= 0.3 is 6.18 Å². The SMILES string of the molecule is N[C@H](c1cn2ncc([C@H]3C[C@@]34C[C@@H](C(F)(F)F)NC4=O)cc2n1)C1CCC(F)(F)CC1. The summed E-state index contributed by atoms with van der Waals surface area (Å²) < 4.78 is 67.4. The van der Waals surface area contributed by atoms with Gasteiger partial charge < -0.3 is 11.1 Å². The average Bonchev–Trinajstić information content (AvgIpc) is 3.09. The van der Waals surface area contributed by atoms with Crippen molar-refractivity contribution in [3.05, 3.63) is 29.7 Å². The predicted molar refractivity (Wildman–Crippen MR) is 99.2 cm³/mol. The molecule has 2 aromatic rings. The van der Waals surface area contributed by atoms with Crippen LogP contribution in [-0.2, 0) is 4.79 Å². The summed E-state index contributed by atoms with van der Waals surface area (Å²) in [5, 5.41) is 6.36. The quantitative estimate of drug-likeness (QED) is 0.712. The monoisotopic (exact) mass is 443 g/mol. The maximum absolute atomic E-state index is 13.4. The molecule has 0 unspecified atom stereocenters. The molecule has 168 valence electrons. The van der Waals surface area contributed by atoms with Crippen molar-refractivity contribution in [1.29, 1.82) is 0 Å². The Balaban J connectivity index is 1.34. The lowest BCUT2D eigenvalue weighted by Gasteiger charge is -2.31. The van der Waals surface area contributed by atoms with Crippen molar-refractivity contribution in [2.24, 2.45) is 17.1 Å². The first-order chi connectivity index (χ1) is 14.5. The minimum absolute atomic E-state index is 0.0998. The smallest absolute Gasteiger partial charge is 0.344 e. The molecule has 5 rings (SSSR count). The number of hydrogen-bond acceptors (Lipinski definition) is 4. The molecule has 1 aliphatic heterocycles. The van der Waals surface area contributed by atoms with E-state index in [2.05, 4.69) is 15.4 Å². The number of fused-ring (bicyclic) bond motifs is 1. The molecule has 1 amide bonds. The number of halogens is 5. The molecule has 0 aromatic carbocycles. The molecular weight excluding hydrogens is 421 g/mol. The lowest BCUT2D eigenvalue weighted by molar-refractivity contribution is -0.155. The van der Waals surface area contributed by atoms with Crippen LogP contribution >= 0.6 is 0 Å². The van der Waals surface area contributed by atoms with Crippen LogP contribution in [0, 0.1) is 11.3 Å². The summed E-state index contributed by atoms with van der Waals surface area (Å²) in [6.45, 7) is 0. The molecule has 2 aromatic heterocycles. The van der Waals surface area contributed by atoms with Crippen molar-refractivity contribution in [2.45, 2.75) is 68.6 Å². The topological polar surface area (TPSA) is 85.3 Å². The number of nitrogens with one attached hydrogen (secondary N) is 1.